The van der Waals surface area contributed by atoms with E-state index in [9.17, 15) is 9.59 Å². The summed E-state index contributed by atoms with van der Waals surface area (Å²) in [6.07, 6.45) is 8.32. The lowest BCUT2D eigenvalue weighted by molar-refractivity contribution is 0.0303. The molecule has 9 heteroatoms. The molecule has 1 aromatic carbocycles. The molecule has 1 saturated heterocycles. The summed E-state index contributed by atoms with van der Waals surface area (Å²) in [5.74, 6) is 0.683. The third-order valence-corrected chi connectivity index (χ3v) is 7.29. The van der Waals surface area contributed by atoms with Crippen LogP contribution in [0.1, 0.15) is 75.2 Å². The predicted octanol–water partition coefficient (Wildman–Crippen LogP) is 3.02. The third-order valence-electron chi connectivity index (χ3n) is 7.29. The van der Waals surface area contributed by atoms with Crippen molar-refractivity contribution in [1.82, 2.24) is 25.2 Å². The van der Waals surface area contributed by atoms with Gasteiger partial charge in [0.25, 0.3) is 11.8 Å². The molecule has 0 unspecified atom stereocenters. The number of rotatable bonds is 4. The molecule has 3 heterocycles. The summed E-state index contributed by atoms with van der Waals surface area (Å²) in [6, 6.07) is 7.47. The molecule has 3 aliphatic rings. The molecule has 2 aliphatic carbocycles. The van der Waals surface area contributed by atoms with E-state index in [1.54, 1.807) is 0 Å². The molecule has 1 atom stereocenters. The lowest BCUT2D eigenvalue weighted by atomic mass is 9.92. The van der Waals surface area contributed by atoms with Crippen molar-refractivity contribution in [2.45, 2.75) is 51.0 Å². The maximum absolute atomic E-state index is 13.1. The Balaban J connectivity index is 1.23. The average molecular weight is 476 g/mol. The number of benzene rings is 1. The van der Waals surface area contributed by atoms with Crippen LogP contribution in [0.5, 0.6) is 0 Å². The molecule has 6 rings (SSSR count). The first-order valence-corrected chi connectivity index (χ1v) is 12.5. The lowest BCUT2D eigenvalue weighted by Gasteiger charge is -2.27. The maximum atomic E-state index is 13.1. The van der Waals surface area contributed by atoms with Crippen LogP contribution >= 0.6 is 0 Å². The van der Waals surface area contributed by atoms with Crippen molar-refractivity contribution < 1.29 is 18.8 Å². The van der Waals surface area contributed by atoms with Crippen LogP contribution in [-0.4, -0.2) is 58.0 Å². The number of carbonyl (C=O) groups is 2. The Morgan fingerprint density at radius 2 is 1.91 bits per heavy atom. The normalized spacial score (nSPS) is 19.7. The van der Waals surface area contributed by atoms with Gasteiger partial charge in [-0.1, -0.05) is 11.2 Å². The van der Waals surface area contributed by atoms with Gasteiger partial charge < -0.3 is 19.5 Å². The zero-order valence-corrected chi connectivity index (χ0v) is 19.7. The zero-order chi connectivity index (χ0) is 23.8. The van der Waals surface area contributed by atoms with E-state index < -0.39 is 0 Å². The monoisotopic (exact) mass is 475 g/mol. The van der Waals surface area contributed by atoms with Gasteiger partial charge in [-0.25, -0.2) is 4.68 Å². The first kappa shape index (κ1) is 22.0. The lowest BCUT2D eigenvalue weighted by Crippen LogP contribution is -2.40. The van der Waals surface area contributed by atoms with Gasteiger partial charge in [-0.2, -0.15) is 5.10 Å². The van der Waals surface area contributed by atoms with Gasteiger partial charge in [-0.3, -0.25) is 9.59 Å². The van der Waals surface area contributed by atoms with Crippen LogP contribution in [0.15, 0.2) is 35.0 Å². The highest BCUT2D eigenvalue weighted by atomic mass is 16.5. The fourth-order valence-corrected chi connectivity index (χ4v) is 5.44. The van der Waals surface area contributed by atoms with Crippen LogP contribution < -0.4 is 5.32 Å². The number of carbonyl (C=O) groups excluding carboxylic acids is 2. The Labute approximate surface area is 203 Å². The topological polar surface area (TPSA) is 102 Å². The summed E-state index contributed by atoms with van der Waals surface area (Å²) >= 11 is 0. The average Bonchev–Trinajstić information content (AvgIpc) is 3.54. The molecule has 1 fully saturated rings. The van der Waals surface area contributed by atoms with E-state index in [0.717, 1.165) is 73.2 Å². The van der Waals surface area contributed by atoms with Gasteiger partial charge in [-0.05, 0) is 56.7 Å². The van der Waals surface area contributed by atoms with Crippen LogP contribution in [0, 0.1) is 0 Å². The smallest absolute Gasteiger partial charge is 0.274 e. The fraction of sp³-hybridized carbons (Fsp3) is 0.462. The first-order valence-electron chi connectivity index (χ1n) is 12.5. The standard InChI is InChI=1S/C26H29N5O4/c32-25(24-19-7-1-2-10-23(19)35-29-24)28-21-8-4-9-22-20(21)16-27-31(22)18-6-3-5-17(15-18)26(33)30-11-13-34-14-12-30/h3,5-6,15-16,21H,1-2,4,7-14H2,(H,28,32)/t21-/m1/s1. The van der Waals surface area contributed by atoms with Gasteiger partial charge in [0, 0.05) is 41.9 Å². The van der Waals surface area contributed by atoms with E-state index in [-0.39, 0.29) is 17.9 Å². The van der Waals surface area contributed by atoms with Gasteiger partial charge in [0.15, 0.2) is 5.69 Å². The van der Waals surface area contributed by atoms with E-state index in [2.05, 4.69) is 15.6 Å². The highest BCUT2D eigenvalue weighted by Gasteiger charge is 2.30. The van der Waals surface area contributed by atoms with Gasteiger partial charge >= 0.3 is 0 Å². The molecular formula is C26H29N5O4. The quantitative estimate of drug-likeness (QED) is 0.622. The minimum atomic E-state index is -0.180. The van der Waals surface area contributed by atoms with Gasteiger partial charge in [0.2, 0.25) is 0 Å². The Hall–Kier alpha value is -3.46. The number of fused-ring (bicyclic) bond motifs is 2. The highest BCUT2D eigenvalue weighted by Crippen LogP contribution is 2.32. The van der Waals surface area contributed by atoms with Crippen molar-refractivity contribution in [1.29, 1.82) is 0 Å². The van der Waals surface area contributed by atoms with E-state index in [0.29, 0.717) is 37.6 Å². The first-order chi connectivity index (χ1) is 17.2. The van der Waals surface area contributed by atoms with Crippen LogP contribution in [0.4, 0.5) is 0 Å². The minimum Gasteiger partial charge on any atom is -0.378 e. The second kappa shape index (κ2) is 9.30. The Kier molecular flexibility index (Phi) is 5.85. The van der Waals surface area contributed by atoms with Crippen molar-refractivity contribution in [3.63, 3.8) is 0 Å². The zero-order valence-electron chi connectivity index (χ0n) is 19.7. The Bertz CT molecular complexity index is 1260. The summed E-state index contributed by atoms with van der Waals surface area (Å²) in [5.41, 5.74) is 4.97. The minimum absolute atomic E-state index is 0.0113. The van der Waals surface area contributed by atoms with E-state index >= 15 is 0 Å². The van der Waals surface area contributed by atoms with Crippen molar-refractivity contribution >= 4 is 11.8 Å². The molecule has 0 bridgehead atoms. The molecule has 1 N–H and O–H groups in total. The Morgan fingerprint density at radius 1 is 1.06 bits per heavy atom. The molecule has 0 saturated carbocycles. The number of ether oxygens (including phenoxy) is 1. The number of amides is 2. The summed E-state index contributed by atoms with van der Waals surface area (Å²) in [6.45, 7) is 2.36. The molecule has 9 nitrogen and oxygen atoms in total. The molecular weight excluding hydrogens is 446 g/mol. The third kappa shape index (κ3) is 4.14. The number of hydrogen-bond acceptors (Lipinski definition) is 6. The van der Waals surface area contributed by atoms with E-state index in [4.69, 9.17) is 9.26 Å². The molecule has 0 radical (unpaired) electrons. The van der Waals surface area contributed by atoms with Crippen LogP contribution in [0.3, 0.4) is 0 Å². The summed E-state index contributed by atoms with van der Waals surface area (Å²) in [5, 5.41) is 11.9. The van der Waals surface area contributed by atoms with Crippen LogP contribution in [-0.2, 0) is 24.0 Å². The van der Waals surface area contributed by atoms with Crippen molar-refractivity contribution in [2.75, 3.05) is 26.3 Å². The number of nitrogens with zero attached hydrogens (tertiary/aromatic N) is 4. The second-order valence-corrected chi connectivity index (χ2v) is 9.47. The number of hydrogen-bond donors (Lipinski definition) is 1. The number of morpholine rings is 1. The molecule has 3 aromatic rings. The molecule has 35 heavy (non-hydrogen) atoms. The predicted molar refractivity (Wildman–Crippen MR) is 127 cm³/mol. The fourth-order valence-electron chi connectivity index (χ4n) is 5.44. The summed E-state index contributed by atoms with van der Waals surface area (Å²) in [4.78, 5) is 27.9. The molecule has 0 spiro atoms. The molecule has 2 aromatic heterocycles. The van der Waals surface area contributed by atoms with Gasteiger partial charge in [-0.15, -0.1) is 0 Å². The van der Waals surface area contributed by atoms with E-state index in [1.165, 1.54) is 0 Å². The summed E-state index contributed by atoms with van der Waals surface area (Å²) < 4.78 is 12.7. The number of aromatic nitrogens is 3. The van der Waals surface area contributed by atoms with Crippen LogP contribution in [0.2, 0.25) is 0 Å². The largest absolute Gasteiger partial charge is 0.378 e. The van der Waals surface area contributed by atoms with Gasteiger partial charge in [0.1, 0.15) is 5.76 Å². The van der Waals surface area contributed by atoms with Crippen molar-refractivity contribution in [2.24, 2.45) is 0 Å². The Morgan fingerprint density at radius 3 is 2.80 bits per heavy atom. The van der Waals surface area contributed by atoms with E-state index in [1.807, 2.05) is 40.0 Å². The highest BCUT2D eigenvalue weighted by molar-refractivity contribution is 5.95. The number of nitrogens with one attached hydrogen (secondary N) is 1. The number of aryl methyl sites for hydroxylation is 1. The van der Waals surface area contributed by atoms with Crippen LogP contribution in [0.25, 0.3) is 5.69 Å². The SMILES string of the molecule is O=C(N[C@@H]1CCCc2c1cnn2-c1cccc(C(=O)N2CCOCC2)c1)c1noc2c1CCCC2. The molecule has 182 valence electrons. The summed E-state index contributed by atoms with van der Waals surface area (Å²) in [7, 11) is 0. The van der Waals surface area contributed by atoms with Crippen molar-refractivity contribution in [3.05, 3.63) is 64.3 Å². The second-order valence-electron chi connectivity index (χ2n) is 9.47. The molecule has 1 aliphatic heterocycles. The van der Waals surface area contributed by atoms with Gasteiger partial charge in [0.05, 0.1) is 31.1 Å². The molecule has 2 amide bonds. The van der Waals surface area contributed by atoms with Crippen molar-refractivity contribution in [3.8, 4) is 5.69 Å². The maximum Gasteiger partial charge on any atom is 0.274 e.